The molecule has 6 nitrogen and oxygen atoms in total. The lowest BCUT2D eigenvalue weighted by atomic mass is 10.1. The van der Waals surface area contributed by atoms with E-state index < -0.39 is 9.84 Å². The Morgan fingerprint density at radius 1 is 1.45 bits per heavy atom. The zero-order valence-electron chi connectivity index (χ0n) is 11.1. The second-order valence-corrected chi connectivity index (χ2v) is 6.50. The number of nitrogen functional groups attached to an aromatic ring is 1. The van der Waals surface area contributed by atoms with Gasteiger partial charge in [-0.25, -0.2) is 8.42 Å². The molecule has 4 N–H and O–H groups in total. The lowest BCUT2D eigenvalue weighted by Gasteiger charge is -2.16. The van der Waals surface area contributed by atoms with Crippen LogP contribution < -0.4 is 16.4 Å². The summed E-state index contributed by atoms with van der Waals surface area (Å²) in [6.07, 6.45) is 1.57. The Kier molecular flexibility index (Phi) is 3.99. The molecule has 0 saturated heterocycles. The van der Waals surface area contributed by atoms with Crippen LogP contribution in [0.3, 0.4) is 0 Å². The zero-order chi connectivity index (χ0) is 14.8. The second kappa shape index (κ2) is 5.54. The molecular formula is C13H17N3O3S. The molecule has 1 atom stereocenters. The van der Waals surface area contributed by atoms with Crippen LogP contribution >= 0.6 is 0 Å². The highest BCUT2D eigenvalue weighted by Crippen LogP contribution is 2.22. The van der Waals surface area contributed by atoms with Crippen LogP contribution in [0.5, 0.6) is 0 Å². The third kappa shape index (κ3) is 3.30. The number of benzene rings is 1. The highest BCUT2D eigenvalue weighted by atomic mass is 32.2. The molecule has 1 heterocycles. The summed E-state index contributed by atoms with van der Waals surface area (Å²) in [4.78, 5) is 11.9. The van der Waals surface area contributed by atoms with Gasteiger partial charge in [-0.1, -0.05) is 6.08 Å². The van der Waals surface area contributed by atoms with Gasteiger partial charge in [0.1, 0.15) is 0 Å². The maximum atomic E-state index is 11.9. The van der Waals surface area contributed by atoms with Gasteiger partial charge in [-0.05, 0) is 25.1 Å². The molecule has 1 aliphatic heterocycles. The number of carbonyl (C=O) groups excluding carboxylic acids is 1. The highest BCUT2D eigenvalue weighted by molar-refractivity contribution is 7.94. The van der Waals surface area contributed by atoms with E-state index in [-0.39, 0.29) is 17.7 Å². The van der Waals surface area contributed by atoms with Crippen LogP contribution in [0.15, 0.2) is 29.7 Å². The fraction of sp³-hybridized carbons (Fsp3) is 0.308. The molecule has 7 heteroatoms. The highest BCUT2D eigenvalue weighted by Gasteiger charge is 2.23. The number of hydrogen-bond acceptors (Lipinski definition) is 5. The van der Waals surface area contributed by atoms with Crippen molar-refractivity contribution in [3.63, 3.8) is 0 Å². The molecular weight excluding hydrogens is 278 g/mol. The molecule has 0 aromatic heterocycles. The second-order valence-electron chi connectivity index (χ2n) is 4.57. The van der Waals surface area contributed by atoms with E-state index in [0.717, 1.165) is 0 Å². The van der Waals surface area contributed by atoms with Gasteiger partial charge in [-0.2, -0.15) is 0 Å². The number of rotatable bonds is 4. The minimum Gasteiger partial charge on any atom is -0.399 e. The first-order valence-corrected chi connectivity index (χ1v) is 7.98. The van der Waals surface area contributed by atoms with Crippen LogP contribution in [-0.2, 0) is 9.84 Å². The SMILES string of the molecule is CCNC(=O)c1ccc(N)cc1NC1C=CS(=O)(=O)C1. The number of anilines is 2. The van der Waals surface area contributed by atoms with E-state index in [1.807, 2.05) is 6.92 Å². The van der Waals surface area contributed by atoms with E-state index >= 15 is 0 Å². The van der Waals surface area contributed by atoms with Gasteiger partial charge in [-0.15, -0.1) is 0 Å². The average Bonchev–Trinajstić information content (AvgIpc) is 2.69. The Morgan fingerprint density at radius 2 is 2.20 bits per heavy atom. The number of carbonyl (C=O) groups is 1. The standard InChI is InChI=1S/C13H17N3O3S/c1-2-15-13(17)11-4-3-9(14)7-12(11)16-10-5-6-20(18,19)8-10/h3-7,10,16H,2,8,14H2,1H3,(H,15,17). The van der Waals surface area contributed by atoms with Crippen molar-refractivity contribution in [2.45, 2.75) is 13.0 Å². The Labute approximate surface area is 118 Å². The summed E-state index contributed by atoms with van der Waals surface area (Å²) in [7, 11) is -3.14. The fourth-order valence-corrected chi connectivity index (χ4v) is 3.24. The Morgan fingerprint density at radius 3 is 2.80 bits per heavy atom. The zero-order valence-corrected chi connectivity index (χ0v) is 11.9. The van der Waals surface area contributed by atoms with Crippen LogP contribution in [0, 0.1) is 0 Å². The summed E-state index contributed by atoms with van der Waals surface area (Å²) in [5.74, 6) is -0.240. The predicted octanol–water partition coefficient (Wildman–Crippen LogP) is 0.741. The summed E-state index contributed by atoms with van der Waals surface area (Å²) >= 11 is 0. The van der Waals surface area contributed by atoms with Crippen LogP contribution in [0.25, 0.3) is 0 Å². The van der Waals surface area contributed by atoms with Gasteiger partial charge in [0, 0.05) is 23.3 Å². The molecule has 0 bridgehead atoms. The van der Waals surface area contributed by atoms with E-state index in [4.69, 9.17) is 5.73 Å². The van der Waals surface area contributed by atoms with Gasteiger partial charge in [0.05, 0.1) is 17.4 Å². The summed E-state index contributed by atoms with van der Waals surface area (Å²) in [5.41, 5.74) is 7.20. The normalized spacial score (nSPS) is 19.8. The molecule has 1 amide bonds. The van der Waals surface area contributed by atoms with Gasteiger partial charge in [0.2, 0.25) is 0 Å². The van der Waals surface area contributed by atoms with E-state index in [1.165, 1.54) is 5.41 Å². The lowest BCUT2D eigenvalue weighted by molar-refractivity contribution is 0.0956. The van der Waals surface area contributed by atoms with Gasteiger partial charge in [-0.3, -0.25) is 4.79 Å². The quantitative estimate of drug-likeness (QED) is 0.711. The van der Waals surface area contributed by atoms with E-state index in [9.17, 15) is 13.2 Å². The van der Waals surface area contributed by atoms with E-state index in [2.05, 4.69) is 10.6 Å². The van der Waals surface area contributed by atoms with Crippen molar-refractivity contribution in [1.29, 1.82) is 0 Å². The van der Waals surface area contributed by atoms with Crippen molar-refractivity contribution in [3.05, 3.63) is 35.2 Å². The molecule has 0 spiro atoms. The average molecular weight is 295 g/mol. The largest absolute Gasteiger partial charge is 0.399 e. The first kappa shape index (κ1) is 14.4. The summed E-state index contributed by atoms with van der Waals surface area (Å²) in [6.45, 7) is 2.34. The lowest BCUT2D eigenvalue weighted by Crippen LogP contribution is -2.26. The summed E-state index contributed by atoms with van der Waals surface area (Å²) in [5, 5.41) is 6.93. The molecule has 0 saturated carbocycles. The maximum Gasteiger partial charge on any atom is 0.253 e. The van der Waals surface area contributed by atoms with Gasteiger partial charge in [0.15, 0.2) is 9.84 Å². The molecule has 0 fully saturated rings. The van der Waals surface area contributed by atoms with Crippen molar-refractivity contribution < 1.29 is 13.2 Å². The van der Waals surface area contributed by atoms with Crippen molar-refractivity contribution in [3.8, 4) is 0 Å². The summed E-state index contributed by atoms with van der Waals surface area (Å²) in [6, 6.07) is 4.53. The van der Waals surface area contributed by atoms with Crippen LogP contribution in [0.4, 0.5) is 11.4 Å². The predicted molar refractivity (Wildman–Crippen MR) is 79.2 cm³/mol. The first-order chi connectivity index (χ1) is 9.41. The minimum atomic E-state index is -3.14. The molecule has 2 rings (SSSR count). The monoisotopic (exact) mass is 295 g/mol. The number of nitrogens with two attached hydrogens (primary N) is 1. The number of sulfone groups is 1. The third-order valence-electron chi connectivity index (χ3n) is 2.90. The molecule has 1 unspecified atom stereocenters. The van der Waals surface area contributed by atoms with Crippen molar-refractivity contribution >= 4 is 27.1 Å². The Bertz CT molecular complexity index is 653. The molecule has 108 valence electrons. The van der Waals surface area contributed by atoms with Crippen molar-refractivity contribution in [2.75, 3.05) is 23.3 Å². The minimum absolute atomic E-state index is 0.0172. The van der Waals surface area contributed by atoms with E-state index in [1.54, 1.807) is 24.3 Å². The Balaban J connectivity index is 2.24. The van der Waals surface area contributed by atoms with Crippen LogP contribution in [0.1, 0.15) is 17.3 Å². The van der Waals surface area contributed by atoms with Crippen molar-refractivity contribution in [1.82, 2.24) is 5.32 Å². The van der Waals surface area contributed by atoms with Gasteiger partial charge in [0.25, 0.3) is 5.91 Å². The summed E-state index contributed by atoms with van der Waals surface area (Å²) < 4.78 is 22.8. The molecule has 0 radical (unpaired) electrons. The van der Waals surface area contributed by atoms with Crippen molar-refractivity contribution in [2.24, 2.45) is 0 Å². The third-order valence-corrected chi connectivity index (χ3v) is 4.29. The Hall–Kier alpha value is -2.02. The van der Waals surface area contributed by atoms with E-state index in [0.29, 0.717) is 23.5 Å². The molecule has 0 aliphatic carbocycles. The maximum absolute atomic E-state index is 11.9. The molecule has 1 aromatic carbocycles. The first-order valence-electron chi connectivity index (χ1n) is 6.26. The smallest absolute Gasteiger partial charge is 0.253 e. The van der Waals surface area contributed by atoms with Gasteiger partial charge < -0.3 is 16.4 Å². The fourth-order valence-electron chi connectivity index (χ4n) is 2.00. The van der Waals surface area contributed by atoms with Crippen LogP contribution in [0.2, 0.25) is 0 Å². The molecule has 1 aromatic rings. The number of amides is 1. The molecule has 1 aliphatic rings. The number of nitrogens with one attached hydrogen (secondary N) is 2. The topological polar surface area (TPSA) is 101 Å². The number of hydrogen-bond donors (Lipinski definition) is 3. The van der Waals surface area contributed by atoms with Crippen LogP contribution in [-0.4, -0.2) is 32.7 Å². The van der Waals surface area contributed by atoms with Gasteiger partial charge >= 0.3 is 0 Å². The molecule has 20 heavy (non-hydrogen) atoms.